The molecule has 0 aromatic carbocycles. The van der Waals surface area contributed by atoms with Crippen molar-refractivity contribution < 1.29 is 4.79 Å². The number of pyridine rings is 1. The van der Waals surface area contributed by atoms with Crippen molar-refractivity contribution >= 4 is 17.5 Å². The molecule has 1 saturated heterocycles. The van der Waals surface area contributed by atoms with Gasteiger partial charge < -0.3 is 10.6 Å². The van der Waals surface area contributed by atoms with Gasteiger partial charge in [-0.2, -0.15) is 0 Å². The predicted octanol–water partition coefficient (Wildman–Crippen LogP) is 0.908. The molecule has 2 rings (SSSR count). The molecular weight excluding hydrogens is 214 g/mol. The van der Waals surface area contributed by atoms with Crippen molar-refractivity contribution in [1.82, 2.24) is 9.88 Å². The Morgan fingerprint density at radius 3 is 3.07 bits per heavy atom. The van der Waals surface area contributed by atoms with Crippen LogP contribution in [0.1, 0.15) is 16.8 Å². The van der Waals surface area contributed by atoms with Crippen LogP contribution in [0.15, 0.2) is 18.3 Å². The summed E-state index contributed by atoms with van der Waals surface area (Å²) in [7, 11) is 0. The Bertz CT molecular complexity index is 383. The first-order chi connectivity index (χ1) is 7.16. The summed E-state index contributed by atoms with van der Waals surface area (Å²) in [5, 5.41) is 0.337. The summed E-state index contributed by atoms with van der Waals surface area (Å²) in [6.45, 7) is 1.35. The molecule has 4 nitrogen and oxygen atoms in total. The van der Waals surface area contributed by atoms with Crippen LogP contribution in [0.5, 0.6) is 0 Å². The summed E-state index contributed by atoms with van der Waals surface area (Å²) in [6.07, 6.45) is 2.40. The number of rotatable bonds is 1. The first-order valence-corrected chi connectivity index (χ1v) is 5.21. The number of amides is 1. The predicted molar refractivity (Wildman–Crippen MR) is 57.7 cm³/mol. The number of halogens is 1. The molecule has 0 aliphatic carbocycles. The lowest BCUT2D eigenvalue weighted by Gasteiger charge is -2.15. The van der Waals surface area contributed by atoms with Crippen LogP contribution in [0.4, 0.5) is 0 Å². The van der Waals surface area contributed by atoms with Crippen LogP contribution >= 0.6 is 11.6 Å². The average Bonchev–Trinajstić information content (AvgIpc) is 2.64. The molecule has 0 bridgehead atoms. The molecule has 1 unspecified atom stereocenters. The minimum Gasteiger partial charge on any atom is -0.337 e. The van der Waals surface area contributed by atoms with Gasteiger partial charge in [0.25, 0.3) is 5.91 Å². The molecule has 2 heterocycles. The van der Waals surface area contributed by atoms with E-state index >= 15 is 0 Å². The molecule has 1 aliphatic rings. The van der Waals surface area contributed by atoms with Gasteiger partial charge in [0.1, 0.15) is 5.15 Å². The van der Waals surface area contributed by atoms with E-state index in [4.69, 9.17) is 17.3 Å². The SMILES string of the molecule is NC1CCN(C(=O)c2ccnc(Cl)c2)C1. The summed E-state index contributed by atoms with van der Waals surface area (Å²) >= 11 is 5.72. The molecule has 5 heteroatoms. The van der Waals surface area contributed by atoms with Crippen LogP contribution in [0.25, 0.3) is 0 Å². The Morgan fingerprint density at radius 2 is 2.47 bits per heavy atom. The van der Waals surface area contributed by atoms with E-state index in [-0.39, 0.29) is 11.9 Å². The van der Waals surface area contributed by atoms with Crippen LogP contribution in [-0.4, -0.2) is 34.9 Å². The molecule has 1 aromatic heterocycles. The molecule has 1 amide bonds. The highest BCUT2D eigenvalue weighted by Gasteiger charge is 2.24. The Labute approximate surface area is 93.0 Å². The molecule has 0 saturated carbocycles. The van der Waals surface area contributed by atoms with Crippen molar-refractivity contribution in [1.29, 1.82) is 0 Å². The summed E-state index contributed by atoms with van der Waals surface area (Å²) < 4.78 is 0. The van der Waals surface area contributed by atoms with Gasteiger partial charge in [0, 0.05) is 30.9 Å². The number of hydrogen-bond acceptors (Lipinski definition) is 3. The molecule has 80 valence electrons. The standard InChI is InChI=1S/C10H12ClN3O/c11-9-5-7(1-3-13-9)10(15)14-4-2-8(12)6-14/h1,3,5,8H,2,4,6,12H2. The fourth-order valence-electron chi connectivity index (χ4n) is 1.69. The third kappa shape index (κ3) is 2.27. The molecule has 1 atom stereocenters. The van der Waals surface area contributed by atoms with E-state index in [9.17, 15) is 4.79 Å². The number of carbonyl (C=O) groups is 1. The number of aromatic nitrogens is 1. The first kappa shape index (κ1) is 10.4. The fraction of sp³-hybridized carbons (Fsp3) is 0.400. The van der Waals surface area contributed by atoms with Gasteiger partial charge in [0.15, 0.2) is 0 Å². The van der Waals surface area contributed by atoms with Gasteiger partial charge in [-0.3, -0.25) is 4.79 Å². The van der Waals surface area contributed by atoms with Gasteiger partial charge in [-0.25, -0.2) is 4.98 Å². The lowest BCUT2D eigenvalue weighted by Crippen LogP contribution is -2.31. The van der Waals surface area contributed by atoms with Crippen molar-refractivity contribution in [2.45, 2.75) is 12.5 Å². The van der Waals surface area contributed by atoms with Gasteiger partial charge in [-0.05, 0) is 18.6 Å². The molecule has 0 spiro atoms. The van der Waals surface area contributed by atoms with Crippen molar-refractivity contribution in [2.75, 3.05) is 13.1 Å². The maximum Gasteiger partial charge on any atom is 0.254 e. The van der Waals surface area contributed by atoms with Gasteiger partial charge in [-0.1, -0.05) is 11.6 Å². The highest BCUT2D eigenvalue weighted by molar-refractivity contribution is 6.29. The lowest BCUT2D eigenvalue weighted by molar-refractivity contribution is 0.0791. The molecule has 1 aliphatic heterocycles. The fourth-order valence-corrected chi connectivity index (χ4v) is 1.86. The van der Waals surface area contributed by atoms with E-state index < -0.39 is 0 Å². The van der Waals surface area contributed by atoms with E-state index in [1.165, 1.54) is 6.20 Å². The maximum atomic E-state index is 11.9. The topological polar surface area (TPSA) is 59.2 Å². The Hall–Kier alpha value is -1.13. The summed E-state index contributed by atoms with van der Waals surface area (Å²) in [4.78, 5) is 17.5. The maximum absolute atomic E-state index is 11.9. The van der Waals surface area contributed by atoms with Gasteiger partial charge in [-0.15, -0.1) is 0 Å². The van der Waals surface area contributed by atoms with E-state index in [2.05, 4.69) is 4.98 Å². The van der Waals surface area contributed by atoms with E-state index in [1.807, 2.05) is 0 Å². The van der Waals surface area contributed by atoms with Crippen LogP contribution in [-0.2, 0) is 0 Å². The smallest absolute Gasteiger partial charge is 0.254 e. The van der Waals surface area contributed by atoms with Gasteiger partial charge in [0.05, 0.1) is 0 Å². The van der Waals surface area contributed by atoms with Crippen molar-refractivity contribution in [3.05, 3.63) is 29.0 Å². The highest BCUT2D eigenvalue weighted by atomic mass is 35.5. The van der Waals surface area contributed by atoms with Crippen molar-refractivity contribution in [3.63, 3.8) is 0 Å². The van der Waals surface area contributed by atoms with E-state index in [0.29, 0.717) is 17.3 Å². The Kier molecular flexibility index (Phi) is 2.88. The second-order valence-electron chi connectivity index (χ2n) is 3.67. The van der Waals surface area contributed by atoms with E-state index in [1.54, 1.807) is 17.0 Å². The molecule has 15 heavy (non-hydrogen) atoms. The summed E-state index contributed by atoms with van der Waals surface area (Å²) in [6, 6.07) is 3.34. The zero-order valence-corrected chi connectivity index (χ0v) is 8.94. The molecule has 2 N–H and O–H groups in total. The third-order valence-corrected chi connectivity index (χ3v) is 2.69. The molecule has 1 aromatic rings. The monoisotopic (exact) mass is 225 g/mol. The second-order valence-corrected chi connectivity index (χ2v) is 4.05. The van der Waals surface area contributed by atoms with Gasteiger partial charge in [0.2, 0.25) is 0 Å². The quantitative estimate of drug-likeness (QED) is 0.723. The van der Waals surface area contributed by atoms with Crippen LogP contribution < -0.4 is 5.73 Å². The van der Waals surface area contributed by atoms with Crippen LogP contribution in [0, 0.1) is 0 Å². The zero-order chi connectivity index (χ0) is 10.8. The first-order valence-electron chi connectivity index (χ1n) is 4.83. The number of likely N-dealkylation sites (tertiary alicyclic amines) is 1. The highest BCUT2D eigenvalue weighted by Crippen LogP contribution is 2.14. The lowest BCUT2D eigenvalue weighted by atomic mass is 10.2. The van der Waals surface area contributed by atoms with Crippen molar-refractivity contribution in [2.24, 2.45) is 5.73 Å². The third-order valence-electron chi connectivity index (χ3n) is 2.49. The number of carbonyl (C=O) groups excluding carboxylic acids is 1. The van der Waals surface area contributed by atoms with E-state index in [0.717, 1.165) is 13.0 Å². The molecule has 0 radical (unpaired) electrons. The largest absolute Gasteiger partial charge is 0.337 e. The zero-order valence-electron chi connectivity index (χ0n) is 8.19. The van der Waals surface area contributed by atoms with Gasteiger partial charge >= 0.3 is 0 Å². The summed E-state index contributed by atoms with van der Waals surface area (Å²) in [5.74, 6) is -0.0211. The van der Waals surface area contributed by atoms with Crippen molar-refractivity contribution in [3.8, 4) is 0 Å². The molecular formula is C10H12ClN3O. The minimum absolute atomic E-state index is 0.0211. The normalized spacial score (nSPS) is 20.7. The Balaban J connectivity index is 2.14. The Morgan fingerprint density at radius 1 is 1.67 bits per heavy atom. The number of hydrogen-bond donors (Lipinski definition) is 1. The minimum atomic E-state index is -0.0211. The average molecular weight is 226 g/mol. The number of nitrogens with two attached hydrogens (primary N) is 1. The summed E-state index contributed by atoms with van der Waals surface area (Å²) in [5.41, 5.74) is 6.31. The second kappa shape index (κ2) is 4.16. The van der Waals surface area contributed by atoms with Crippen LogP contribution in [0.3, 0.4) is 0 Å². The molecule has 1 fully saturated rings. The number of nitrogens with zero attached hydrogens (tertiary/aromatic N) is 2. The van der Waals surface area contributed by atoms with Crippen LogP contribution in [0.2, 0.25) is 5.15 Å².